The number of carbonyl (C=O) groups excluding carboxylic acids is 1. The van der Waals surface area contributed by atoms with E-state index in [2.05, 4.69) is 4.98 Å². The Balaban J connectivity index is 1.88. The van der Waals surface area contributed by atoms with Crippen LogP contribution >= 0.6 is 11.3 Å². The number of carbonyl (C=O) groups is 1. The van der Waals surface area contributed by atoms with E-state index in [4.69, 9.17) is 0 Å². The van der Waals surface area contributed by atoms with Crippen LogP contribution in [-0.4, -0.2) is 42.1 Å². The molecule has 2 rings (SSSR count). The zero-order valence-electron chi connectivity index (χ0n) is 10.7. The number of amides is 1. The first-order chi connectivity index (χ1) is 9.72. The Bertz CT molecular complexity index is 483. The second kappa shape index (κ2) is 5.74. The van der Waals surface area contributed by atoms with E-state index in [0.29, 0.717) is 25.9 Å². The van der Waals surface area contributed by atoms with Gasteiger partial charge in [0.2, 0.25) is 0 Å². The summed E-state index contributed by atoms with van der Waals surface area (Å²) in [4.78, 5) is 17.1. The monoisotopic (exact) mass is 329 g/mol. The van der Waals surface area contributed by atoms with Crippen molar-refractivity contribution < 1.29 is 26.7 Å². The second-order valence-corrected chi connectivity index (χ2v) is 5.49. The summed E-state index contributed by atoms with van der Waals surface area (Å²) in [5.41, 5.74) is 0. The van der Waals surface area contributed by atoms with Crippen molar-refractivity contribution >= 4 is 22.4 Å². The Hall–Kier alpha value is -1.45. The van der Waals surface area contributed by atoms with Gasteiger partial charge in [-0.25, -0.2) is 4.98 Å². The number of nitrogens with zero attached hydrogens (tertiary/aromatic N) is 2. The Kier molecular flexibility index (Phi) is 4.35. The highest BCUT2D eigenvalue weighted by molar-refractivity contribution is 7.13. The average Bonchev–Trinajstić information content (AvgIpc) is 2.92. The highest BCUT2D eigenvalue weighted by Crippen LogP contribution is 2.35. The number of rotatable bonds is 3. The molecule has 0 atom stereocenters. The van der Waals surface area contributed by atoms with Crippen molar-refractivity contribution in [3.8, 4) is 0 Å². The molecule has 1 fully saturated rings. The molecule has 0 aliphatic carbocycles. The van der Waals surface area contributed by atoms with Crippen LogP contribution in [0, 0.1) is 0 Å². The van der Waals surface area contributed by atoms with Gasteiger partial charge in [-0.3, -0.25) is 4.79 Å². The topological polar surface area (TPSA) is 45.2 Å². The maximum Gasteiger partial charge on any atom is 0.463 e. The highest BCUT2D eigenvalue weighted by Gasteiger charge is 2.63. The van der Waals surface area contributed by atoms with E-state index in [1.807, 2.05) is 4.90 Å². The summed E-state index contributed by atoms with van der Waals surface area (Å²) >= 11 is 1.41. The first-order valence-electron chi connectivity index (χ1n) is 6.12. The Morgan fingerprint density at radius 1 is 1.29 bits per heavy atom. The maximum atomic E-state index is 12.8. The zero-order valence-corrected chi connectivity index (χ0v) is 11.5. The van der Waals surface area contributed by atoms with Crippen molar-refractivity contribution in [1.82, 2.24) is 10.3 Å². The number of thiazole rings is 1. The molecule has 1 aromatic heterocycles. The van der Waals surface area contributed by atoms with E-state index in [-0.39, 0.29) is 0 Å². The van der Waals surface area contributed by atoms with E-state index >= 15 is 0 Å². The van der Waals surface area contributed by atoms with Crippen LogP contribution in [0.3, 0.4) is 0 Å². The van der Waals surface area contributed by atoms with Crippen LogP contribution in [0.1, 0.15) is 12.8 Å². The Morgan fingerprint density at radius 3 is 2.38 bits per heavy atom. The molecule has 1 aromatic rings. The number of alkyl halides is 5. The number of piperidine rings is 1. The lowest BCUT2D eigenvalue weighted by atomic mass is 10.1. The predicted molar refractivity (Wildman–Crippen MR) is 66.5 cm³/mol. The Morgan fingerprint density at radius 2 is 1.90 bits per heavy atom. The molecule has 0 bridgehead atoms. The van der Waals surface area contributed by atoms with Gasteiger partial charge in [0.25, 0.3) is 0 Å². The molecular formula is C11H12F5N3OS. The minimum absolute atomic E-state index is 0.291. The molecule has 1 saturated heterocycles. The van der Waals surface area contributed by atoms with Gasteiger partial charge in [-0.2, -0.15) is 22.0 Å². The van der Waals surface area contributed by atoms with Gasteiger partial charge in [-0.1, -0.05) is 0 Å². The minimum atomic E-state index is -5.88. The summed E-state index contributed by atoms with van der Waals surface area (Å²) in [5.74, 6) is -7.65. The molecular weight excluding hydrogens is 317 g/mol. The van der Waals surface area contributed by atoms with Gasteiger partial charge in [-0.15, -0.1) is 11.3 Å². The van der Waals surface area contributed by atoms with Crippen LogP contribution in [0.5, 0.6) is 0 Å². The molecule has 0 radical (unpaired) electrons. The molecule has 0 aromatic carbocycles. The SMILES string of the molecule is O=C(NC1CCN(c2nccs2)CC1)C(F)(F)C(F)(F)F. The van der Waals surface area contributed by atoms with E-state index in [9.17, 15) is 26.7 Å². The summed E-state index contributed by atoms with van der Waals surface area (Å²) in [6.07, 6.45) is -3.67. The average molecular weight is 329 g/mol. The van der Waals surface area contributed by atoms with Crippen LogP contribution in [0.15, 0.2) is 11.6 Å². The standard InChI is InChI=1S/C11H12F5N3OS/c12-10(13,11(14,15)16)8(20)18-7-1-4-19(5-2-7)9-17-3-6-21-9/h3,6-7H,1-2,4-5H2,(H,18,20). The van der Waals surface area contributed by atoms with E-state index in [0.717, 1.165) is 5.13 Å². The predicted octanol–water partition coefficient (Wildman–Crippen LogP) is 2.43. The molecule has 1 amide bonds. The molecule has 0 saturated carbocycles. The lowest BCUT2D eigenvalue weighted by Crippen LogP contribution is -2.54. The molecule has 0 unspecified atom stereocenters. The lowest BCUT2D eigenvalue weighted by Gasteiger charge is -2.32. The summed E-state index contributed by atoms with van der Waals surface area (Å²) in [7, 11) is 0. The van der Waals surface area contributed by atoms with E-state index in [1.165, 1.54) is 11.3 Å². The normalized spacial score (nSPS) is 17.9. The van der Waals surface area contributed by atoms with Crippen molar-refractivity contribution in [3.05, 3.63) is 11.6 Å². The van der Waals surface area contributed by atoms with Gasteiger partial charge in [0, 0.05) is 30.7 Å². The van der Waals surface area contributed by atoms with Gasteiger partial charge in [0.1, 0.15) is 0 Å². The third-order valence-corrected chi connectivity index (χ3v) is 3.99. The molecule has 0 spiro atoms. The van der Waals surface area contributed by atoms with Crippen molar-refractivity contribution in [1.29, 1.82) is 0 Å². The number of halogens is 5. The smallest absolute Gasteiger partial charge is 0.348 e. The van der Waals surface area contributed by atoms with Gasteiger partial charge in [0.15, 0.2) is 5.13 Å². The third kappa shape index (κ3) is 3.42. The second-order valence-electron chi connectivity index (χ2n) is 4.62. The van der Waals surface area contributed by atoms with Crippen molar-refractivity contribution in [2.24, 2.45) is 0 Å². The van der Waals surface area contributed by atoms with E-state index < -0.39 is 24.0 Å². The lowest BCUT2D eigenvalue weighted by molar-refractivity contribution is -0.270. The first kappa shape index (κ1) is 15.9. The maximum absolute atomic E-state index is 12.8. The molecule has 21 heavy (non-hydrogen) atoms. The van der Waals surface area contributed by atoms with Crippen molar-refractivity contribution in [3.63, 3.8) is 0 Å². The fourth-order valence-electron chi connectivity index (χ4n) is 1.99. The fourth-order valence-corrected chi connectivity index (χ4v) is 2.69. The summed E-state index contributed by atoms with van der Waals surface area (Å²) in [6.45, 7) is 0.881. The summed E-state index contributed by atoms with van der Waals surface area (Å²) in [5, 5.41) is 4.33. The molecule has 118 valence electrons. The van der Waals surface area contributed by atoms with Crippen molar-refractivity contribution in [2.45, 2.75) is 31.0 Å². The largest absolute Gasteiger partial charge is 0.463 e. The quantitative estimate of drug-likeness (QED) is 0.867. The van der Waals surface area contributed by atoms with Crippen LogP contribution in [0.4, 0.5) is 27.1 Å². The fraction of sp³-hybridized carbons (Fsp3) is 0.636. The highest BCUT2D eigenvalue weighted by atomic mass is 32.1. The van der Waals surface area contributed by atoms with Gasteiger partial charge in [-0.05, 0) is 12.8 Å². The van der Waals surface area contributed by atoms with Gasteiger partial charge >= 0.3 is 18.0 Å². The van der Waals surface area contributed by atoms with Crippen LogP contribution in [-0.2, 0) is 4.79 Å². The first-order valence-corrected chi connectivity index (χ1v) is 6.99. The third-order valence-electron chi connectivity index (χ3n) is 3.16. The van der Waals surface area contributed by atoms with Gasteiger partial charge in [0.05, 0.1) is 0 Å². The zero-order chi connectivity index (χ0) is 15.7. The minimum Gasteiger partial charge on any atom is -0.348 e. The molecule has 10 heteroatoms. The number of hydrogen-bond acceptors (Lipinski definition) is 4. The van der Waals surface area contributed by atoms with Gasteiger partial charge < -0.3 is 10.2 Å². The molecule has 1 aliphatic heterocycles. The molecule has 4 nitrogen and oxygen atoms in total. The van der Waals surface area contributed by atoms with E-state index in [1.54, 1.807) is 16.9 Å². The van der Waals surface area contributed by atoms with Crippen LogP contribution < -0.4 is 10.2 Å². The summed E-state index contributed by atoms with van der Waals surface area (Å²) < 4.78 is 61.8. The molecule has 1 N–H and O–H groups in total. The van der Waals surface area contributed by atoms with Crippen molar-refractivity contribution in [2.75, 3.05) is 18.0 Å². The molecule has 2 heterocycles. The molecule has 1 aliphatic rings. The van der Waals surface area contributed by atoms with Crippen LogP contribution in [0.25, 0.3) is 0 Å². The number of nitrogens with one attached hydrogen (secondary N) is 1. The Labute approximate surface area is 121 Å². The number of aromatic nitrogens is 1. The summed E-state index contributed by atoms with van der Waals surface area (Å²) in [6, 6.07) is -0.693. The number of hydrogen-bond donors (Lipinski definition) is 1. The number of anilines is 1. The van der Waals surface area contributed by atoms with Crippen LogP contribution in [0.2, 0.25) is 0 Å².